The van der Waals surface area contributed by atoms with E-state index in [4.69, 9.17) is 5.11 Å². The zero-order valence-electron chi connectivity index (χ0n) is 7.61. The number of hydrogen-bond donors (Lipinski definition) is 1. The van der Waals surface area contributed by atoms with E-state index in [2.05, 4.69) is 4.98 Å². The third-order valence-corrected chi connectivity index (χ3v) is 1.24. The van der Waals surface area contributed by atoms with Crippen molar-refractivity contribution in [1.82, 2.24) is 9.55 Å². The Morgan fingerprint density at radius 1 is 1.67 bits per heavy atom. The Bertz CT molecular complexity index is 243. The van der Waals surface area contributed by atoms with E-state index >= 15 is 0 Å². The van der Waals surface area contributed by atoms with Crippen molar-refractivity contribution >= 4 is 6.09 Å². The molecule has 1 rings (SSSR count). The first-order chi connectivity index (χ1) is 5.75. The van der Waals surface area contributed by atoms with Crippen LogP contribution >= 0.6 is 0 Å². The van der Waals surface area contributed by atoms with Gasteiger partial charge in [0, 0.05) is 18.8 Å². The van der Waals surface area contributed by atoms with Crippen LogP contribution in [0.1, 0.15) is 26.6 Å². The number of carbonyl (C=O) groups is 1. The van der Waals surface area contributed by atoms with E-state index in [0.29, 0.717) is 12.2 Å². The lowest BCUT2D eigenvalue weighted by Gasteiger charge is -1.96. The van der Waals surface area contributed by atoms with Gasteiger partial charge in [0.05, 0.1) is 0 Å². The van der Waals surface area contributed by atoms with Gasteiger partial charge in [-0.3, -0.25) is 0 Å². The summed E-state index contributed by atoms with van der Waals surface area (Å²) in [4.78, 5) is 14.2. The Kier molecular flexibility index (Phi) is 4.76. The molecule has 0 saturated heterocycles. The number of aromatic nitrogens is 2. The average Bonchev–Trinajstić information content (AvgIpc) is 2.55. The zero-order valence-corrected chi connectivity index (χ0v) is 7.61. The van der Waals surface area contributed by atoms with E-state index in [0.717, 1.165) is 4.57 Å². The molecule has 4 heteroatoms. The molecule has 0 radical (unpaired) electrons. The first kappa shape index (κ1) is 10.7. The van der Waals surface area contributed by atoms with Crippen LogP contribution in [0.5, 0.6) is 0 Å². The molecular formula is C8H14N2O2. The first-order valence-corrected chi connectivity index (χ1v) is 4.01. The van der Waals surface area contributed by atoms with Crippen molar-refractivity contribution < 1.29 is 9.90 Å². The monoisotopic (exact) mass is 170 g/mol. The third-order valence-electron chi connectivity index (χ3n) is 1.24. The van der Waals surface area contributed by atoms with E-state index in [1.807, 2.05) is 20.8 Å². The summed E-state index contributed by atoms with van der Waals surface area (Å²) in [5.74, 6) is 0.576. The van der Waals surface area contributed by atoms with Crippen molar-refractivity contribution in [3.63, 3.8) is 0 Å². The summed E-state index contributed by atoms with van der Waals surface area (Å²) in [6.45, 7) is 5.86. The standard InChI is InChI=1S/C6H8N2O2.C2H6/c1-2-5-7-3-4-8(5)6(9)10;1-2/h3-4H,2H2,1H3,(H,9,10);1-2H3. The molecular weight excluding hydrogens is 156 g/mol. The van der Waals surface area contributed by atoms with Crippen LogP contribution in [0, 0.1) is 0 Å². The van der Waals surface area contributed by atoms with Crippen molar-refractivity contribution in [2.45, 2.75) is 27.2 Å². The Labute approximate surface area is 71.9 Å². The molecule has 0 spiro atoms. The van der Waals surface area contributed by atoms with Crippen LogP contribution in [-0.2, 0) is 6.42 Å². The van der Waals surface area contributed by atoms with Crippen LogP contribution in [0.3, 0.4) is 0 Å². The second-order valence-corrected chi connectivity index (χ2v) is 1.85. The molecule has 0 unspecified atom stereocenters. The maximum absolute atomic E-state index is 10.4. The van der Waals surface area contributed by atoms with Gasteiger partial charge in [-0.05, 0) is 0 Å². The summed E-state index contributed by atoms with van der Waals surface area (Å²) < 4.78 is 1.11. The molecule has 0 aliphatic carbocycles. The highest BCUT2D eigenvalue weighted by molar-refractivity contribution is 5.68. The van der Waals surface area contributed by atoms with Crippen LogP contribution in [0.15, 0.2) is 12.4 Å². The van der Waals surface area contributed by atoms with E-state index in [9.17, 15) is 4.79 Å². The molecule has 1 heterocycles. The van der Waals surface area contributed by atoms with Crippen LogP contribution < -0.4 is 0 Å². The predicted molar refractivity (Wildman–Crippen MR) is 46.4 cm³/mol. The maximum Gasteiger partial charge on any atom is 0.416 e. The number of imidazole rings is 1. The molecule has 0 bridgehead atoms. The van der Waals surface area contributed by atoms with Gasteiger partial charge in [0.25, 0.3) is 0 Å². The third kappa shape index (κ3) is 2.38. The van der Waals surface area contributed by atoms with Crippen LogP contribution in [0.25, 0.3) is 0 Å². The molecule has 0 amide bonds. The zero-order chi connectivity index (χ0) is 9.56. The summed E-state index contributed by atoms with van der Waals surface area (Å²) in [5.41, 5.74) is 0. The van der Waals surface area contributed by atoms with Gasteiger partial charge in [0.1, 0.15) is 5.82 Å². The van der Waals surface area contributed by atoms with Gasteiger partial charge in [0.2, 0.25) is 0 Å². The highest BCUT2D eigenvalue weighted by Gasteiger charge is 2.04. The van der Waals surface area contributed by atoms with Crippen molar-refractivity contribution in [1.29, 1.82) is 0 Å². The molecule has 0 fully saturated rings. The van der Waals surface area contributed by atoms with Gasteiger partial charge in [-0.2, -0.15) is 0 Å². The summed E-state index contributed by atoms with van der Waals surface area (Å²) in [5, 5.41) is 8.51. The molecule has 1 N–H and O–H groups in total. The summed E-state index contributed by atoms with van der Waals surface area (Å²) in [7, 11) is 0. The molecule has 0 aliphatic heterocycles. The number of aryl methyl sites for hydroxylation is 1. The minimum atomic E-state index is -0.977. The summed E-state index contributed by atoms with van der Waals surface area (Å²) in [6, 6.07) is 0. The molecule has 12 heavy (non-hydrogen) atoms. The van der Waals surface area contributed by atoms with E-state index in [-0.39, 0.29) is 0 Å². The molecule has 0 aromatic carbocycles. The van der Waals surface area contributed by atoms with Crippen molar-refractivity contribution in [3.05, 3.63) is 18.2 Å². The van der Waals surface area contributed by atoms with E-state index in [1.54, 1.807) is 0 Å². The van der Waals surface area contributed by atoms with Crippen molar-refractivity contribution in [2.24, 2.45) is 0 Å². The van der Waals surface area contributed by atoms with E-state index < -0.39 is 6.09 Å². The fourth-order valence-electron chi connectivity index (χ4n) is 0.770. The highest BCUT2D eigenvalue weighted by Crippen LogP contribution is 1.96. The van der Waals surface area contributed by atoms with Gasteiger partial charge in [0.15, 0.2) is 0 Å². The minimum Gasteiger partial charge on any atom is -0.464 e. The molecule has 4 nitrogen and oxygen atoms in total. The highest BCUT2D eigenvalue weighted by atomic mass is 16.4. The van der Waals surface area contributed by atoms with Crippen LogP contribution in [-0.4, -0.2) is 20.8 Å². The lowest BCUT2D eigenvalue weighted by molar-refractivity contribution is 0.195. The summed E-state index contributed by atoms with van der Waals surface area (Å²) in [6.07, 6.45) is 2.57. The molecule has 1 aromatic rings. The number of rotatable bonds is 1. The normalized spacial score (nSPS) is 8.58. The van der Waals surface area contributed by atoms with Gasteiger partial charge >= 0.3 is 6.09 Å². The van der Waals surface area contributed by atoms with E-state index in [1.165, 1.54) is 12.4 Å². The second kappa shape index (κ2) is 5.35. The fourth-order valence-corrected chi connectivity index (χ4v) is 0.770. The number of carboxylic acid groups (broad SMARTS) is 1. The largest absolute Gasteiger partial charge is 0.464 e. The van der Waals surface area contributed by atoms with Crippen molar-refractivity contribution in [2.75, 3.05) is 0 Å². The molecule has 0 aliphatic rings. The van der Waals surface area contributed by atoms with Gasteiger partial charge in [-0.25, -0.2) is 14.3 Å². The summed E-state index contributed by atoms with van der Waals surface area (Å²) >= 11 is 0. The maximum atomic E-state index is 10.4. The lowest BCUT2D eigenvalue weighted by Crippen LogP contribution is -2.10. The smallest absolute Gasteiger partial charge is 0.416 e. The minimum absolute atomic E-state index is 0.576. The Morgan fingerprint density at radius 3 is 2.58 bits per heavy atom. The van der Waals surface area contributed by atoms with Gasteiger partial charge < -0.3 is 5.11 Å². The Hall–Kier alpha value is -1.32. The van der Waals surface area contributed by atoms with Gasteiger partial charge in [-0.15, -0.1) is 0 Å². The molecule has 1 aromatic heterocycles. The average molecular weight is 170 g/mol. The quantitative estimate of drug-likeness (QED) is 0.701. The predicted octanol–water partition coefficient (Wildman–Crippen LogP) is 2.00. The second-order valence-electron chi connectivity index (χ2n) is 1.85. The molecule has 0 saturated carbocycles. The lowest BCUT2D eigenvalue weighted by atomic mass is 10.5. The molecule has 68 valence electrons. The van der Waals surface area contributed by atoms with Crippen molar-refractivity contribution in [3.8, 4) is 0 Å². The number of hydrogen-bond acceptors (Lipinski definition) is 2. The fraction of sp³-hybridized carbons (Fsp3) is 0.500. The Morgan fingerprint density at radius 2 is 2.25 bits per heavy atom. The molecule has 0 atom stereocenters. The van der Waals surface area contributed by atoms with Crippen LogP contribution in [0.2, 0.25) is 0 Å². The first-order valence-electron chi connectivity index (χ1n) is 4.01. The number of nitrogens with zero attached hydrogens (tertiary/aromatic N) is 2. The topological polar surface area (TPSA) is 55.1 Å². The van der Waals surface area contributed by atoms with Gasteiger partial charge in [-0.1, -0.05) is 20.8 Å². The SMILES string of the molecule is CC.CCc1nccn1C(=O)O. The Balaban J connectivity index is 0.000000561. The van der Waals surface area contributed by atoms with Crippen LogP contribution in [0.4, 0.5) is 4.79 Å².